The van der Waals surface area contributed by atoms with Gasteiger partial charge < -0.3 is 26.8 Å². The molecule has 4 heterocycles. The fourth-order valence-electron chi connectivity index (χ4n) is 7.12. The predicted molar refractivity (Wildman–Crippen MR) is 263 cm³/mol. The first kappa shape index (κ1) is 48.8. The molecule has 8 rings (SSSR count). The van der Waals surface area contributed by atoms with Gasteiger partial charge in [-0.25, -0.2) is 4.79 Å². The molecule has 3 amide bonds. The number of ether oxygens (including phenoxy) is 1. The summed E-state index contributed by atoms with van der Waals surface area (Å²) < 4.78 is 5.47. The molecular weight excluding hydrogens is 996 g/mol. The number of carbonyl (C=O) groups is 5. The van der Waals surface area contributed by atoms with Crippen LogP contribution in [0.15, 0.2) is 145 Å². The molecular formula is C47H43BrCl2N4O6S4. The Labute approximate surface area is 406 Å². The number of thiophene rings is 2. The standard InChI is InChI=1S/C21H15BrClNO2S2.C21H17ClN2O2S2.C5H11NO2/c22-15-5-3-4-13(10-15)21(14-8-9-27-12-14)11-17(25)19(20(26)24-21)28-18-7-2-1-6-16(18)23;22-16-6-1-2-7-18(16)28-19-17(25)11-21(24-20(19)26,14-8-9-27-12-14)13-4-3-5-15(23)10-13;1-5(2,3)8-4(6)7/h1-10,12,19H,11H2,(H,24,26);1-10,12,19H,11,23H2,(H,24,26);1-3H3,(H2,6,7). The van der Waals surface area contributed by atoms with E-state index in [1.165, 1.54) is 34.9 Å². The smallest absolute Gasteiger partial charge is 0.405 e. The van der Waals surface area contributed by atoms with Gasteiger partial charge in [0.15, 0.2) is 11.6 Å². The van der Waals surface area contributed by atoms with Crippen LogP contribution in [-0.4, -0.2) is 45.6 Å². The number of hydrogen-bond donors (Lipinski definition) is 4. The van der Waals surface area contributed by atoms with Crippen molar-refractivity contribution >= 4 is 120 Å². The zero-order valence-corrected chi connectivity index (χ0v) is 41.0. The number of amides is 3. The third-order valence-electron chi connectivity index (χ3n) is 9.91. The zero-order valence-electron chi connectivity index (χ0n) is 34.6. The van der Waals surface area contributed by atoms with Crippen molar-refractivity contribution in [3.63, 3.8) is 0 Å². The highest BCUT2D eigenvalue weighted by Gasteiger charge is 2.49. The highest BCUT2D eigenvalue weighted by molar-refractivity contribution is 9.10. The van der Waals surface area contributed by atoms with E-state index in [0.29, 0.717) is 20.6 Å². The molecule has 4 unspecified atom stereocenters. The lowest BCUT2D eigenvalue weighted by atomic mass is 9.77. The van der Waals surface area contributed by atoms with Crippen molar-refractivity contribution in [3.05, 3.63) is 167 Å². The Hall–Kier alpha value is -4.61. The molecule has 2 aromatic heterocycles. The number of nitrogens with two attached hydrogens (primary N) is 2. The molecule has 6 aromatic rings. The fourth-order valence-corrected chi connectivity index (χ4v) is 11.5. The normalized spacial score (nSPS) is 20.7. The number of rotatable bonds is 8. The van der Waals surface area contributed by atoms with Crippen LogP contribution in [0.3, 0.4) is 0 Å². The average Bonchev–Trinajstić information content (AvgIpc) is 3.98. The van der Waals surface area contributed by atoms with Gasteiger partial charge in [-0.1, -0.05) is 87.7 Å². The first-order chi connectivity index (χ1) is 30.4. The molecule has 0 saturated carbocycles. The zero-order chi connectivity index (χ0) is 46.2. The van der Waals surface area contributed by atoms with Gasteiger partial charge in [0.05, 0.1) is 21.1 Å². The maximum atomic E-state index is 13.2. The molecule has 332 valence electrons. The number of carbonyl (C=O) groups excluding carboxylic acids is 5. The number of nitrogens with one attached hydrogen (secondary N) is 2. The number of thioether (sulfide) groups is 2. The minimum Gasteiger partial charge on any atom is -0.444 e. The van der Waals surface area contributed by atoms with E-state index in [1.807, 2.05) is 113 Å². The largest absolute Gasteiger partial charge is 0.444 e. The van der Waals surface area contributed by atoms with E-state index in [2.05, 4.69) is 31.3 Å². The summed E-state index contributed by atoms with van der Waals surface area (Å²) in [6.07, 6.45) is -0.382. The average molecular weight is 1040 g/mol. The molecule has 17 heteroatoms. The van der Waals surface area contributed by atoms with Gasteiger partial charge in [0.2, 0.25) is 11.8 Å². The quantitative estimate of drug-likeness (QED) is 0.0856. The predicted octanol–water partition coefficient (Wildman–Crippen LogP) is 11.0. The summed E-state index contributed by atoms with van der Waals surface area (Å²) in [6.45, 7) is 5.28. The van der Waals surface area contributed by atoms with Crippen LogP contribution in [0.2, 0.25) is 10.0 Å². The molecule has 10 nitrogen and oxygen atoms in total. The van der Waals surface area contributed by atoms with Gasteiger partial charge in [-0.3, -0.25) is 19.2 Å². The number of anilines is 1. The van der Waals surface area contributed by atoms with Gasteiger partial charge in [-0.2, -0.15) is 22.7 Å². The van der Waals surface area contributed by atoms with Gasteiger partial charge in [-0.05, 0) is 125 Å². The number of nitrogen functional groups attached to an aromatic ring is 1. The summed E-state index contributed by atoms with van der Waals surface area (Å²) in [6, 6.07) is 33.4. The maximum Gasteiger partial charge on any atom is 0.405 e. The van der Waals surface area contributed by atoms with Gasteiger partial charge >= 0.3 is 6.09 Å². The minimum atomic E-state index is -0.916. The van der Waals surface area contributed by atoms with E-state index in [9.17, 15) is 24.0 Å². The summed E-state index contributed by atoms with van der Waals surface area (Å²) in [5, 5.41) is 13.5. The van der Waals surface area contributed by atoms with E-state index in [4.69, 9.17) is 34.7 Å². The molecule has 0 aliphatic carbocycles. The molecule has 2 saturated heterocycles. The lowest BCUT2D eigenvalue weighted by molar-refractivity contribution is -0.134. The lowest BCUT2D eigenvalue weighted by Crippen LogP contribution is -2.58. The molecule has 64 heavy (non-hydrogen) atoms. The number of primary amides is 1. The molecule has 2 aliphatic rings. The van der Waals surface area contributed by atoms with Gasteiger partial charge in [-0.15, -0.1) is 23.5 Å². The summed E-state index contributed by atoms with van der Waals surface area (Å²) in [4.78, 5) is 63.9. The molecule has 0 bridgehead atoms. The fraction of sp³-hybridized carbons (Fsp3) is 0.213. The van der Waals surface area contributed by atoms with E-state index in [0.717, 1.165) is 31.6 Å². The maximum absolute atomic E-state index is 13.2. The Balaban J connectivity index is 0.000000182. The number of hydrogen-bond acceptors (Lipinski definition) is 11. The van der Waals surface area contributed by atoms with Gasteiger partial charge in [0, 0.05) is 32.8 Å². The van der Waals surface area contributed by atoms with Crippen LogP contribution in [0.25, 0.3) is 0 Å². The Bertz CT molecular complexity index is 2440. The number of ketones is 2. The molecule has 4 aromatic carbocycles. The Morgan fingerprint density at radius 2 is 1.14 bits per heavy atom. The van der Waals surface area contributed by atoms with E-state index < -0.39 is 33.3 Å². The van der Waals surface area contributed by atoms with Crippen molar-refractivity contribution in [2.45, 2.75) is 70.6 Å². The highest BCUT2D eigenvalue weighted by atomic mass is 79.9. The van der Waals surface area contributed by atoms with Crippen molar-refractivity contribution in [3.8, 4) is 0 Å². The van der Waals surface area contributed by atoms with Crippen LogP contribution < -0.4 is 22.1 Å². The third-order valence-corrected chi connectivity index (χ3v) is 15.3. The third kappa shape index (κ3) is 11.8. The summed E-state index contributed by atoms with van der Waals surface area (Å²) in [5.41, 5.74) is 12.5. The van der Waals surface area contributed by atoms with Crippen molar-refractivity contribution in [1.29, 1.82) is 0 Å². The topological polar surface area (TPSA) is 171 Å². The van der Waals surface area contributed by atoms with Gasteiger partial charge in [0.25, 0.3) is 0 Å². The Morgan fingerprint density at radius 3 is 1.50 bits per heavy atom. The van der Waals surface area contributed by atoms with Crippen LogP contribution in [-0.2, 0) is 35.0 Å². The molecule has 4 atom stereocenters. The van der Waals surface area contributed by atoms with Crippen LogP contribution in [0.4, 0.5) is 10.5 Å². The van der Waals surface area contributed by atoms with Crippen molar-refractivity contribution in [2.75, 3.05) is 5.73 Å². The number of piperidine rings is 2. The van der Waals surface area contributed by atoms with Crippen LogP contribution in [0, 0.1) is 0 Å². The van der Waals surface area contributed by atoms with Crippen LogP contribution in [0.1, 0.15) is 55.9 Å². The molecule has 6 N–H and O–H groups in total. The number of Topliss-reactive ketones (excluding diaryl/α,β-unsaturated/α-hetero) is 2. The first-order valence-corrected chi connectivity index (χ1v) is 24.8. The summed E-state index contributed by atoms with van der Waals surface area (Å²) in [5.74, 6) is -0.871. The molecule has 0 spiro atoms. The molecule has 2 aliphatic heterocycles. The van der Waals surface area contributed by atoms with Gasteiger partial charge in [0.1, 0.15) is 16.1 Å². The highest BCUT2D eigenvalue weighted by Crippen LogP contribution is 2.43. The van der Waals surface area contributed by atoms with E-state index in [1.54, 1.807) is 50.3 Å². The van der Waals surface area contributed by atoms with Crippen LogP contribution in [0.5, 0.6) is 0 Å². The monoisotopic (exact) mass is 1040 g/mol. The van der Waals surface area contributed by atoms with Crippen LogP contribution >= 0.6 is 85.3 Å². The Kier molecular flexibility index (Phi) is 16.1. The van der Waals surface area contributed by atoms with E-state index in [-0.39, 0.29) is 36.2 Å². The lowest BCUT2D eigenvalue weighted by Gasteiger charge is -2.40. The van der Waals surface area contributed by atoms with Crippen molar-refractivity contribution in [2.24, 2.45) is 5.73 Å². The Morgan fingerprint density at radius 1 is 0.688 bits per heavy atom. The van der Waals surface area contributed by atoms with Crippen molar-refractivity contribution in [1.82, 2.24) is 10.6 Å². The number of halogens is 3. The second-order valence-corrected chi connectivity index (χ2v) is 21.2. The van der Waals surface area contributed by atoms with Crippen molar-refractivity contribution < 1.29 is 28.7 Å². The molecule has 0 radical (unpaired) electrons. The summed E-state index contributed by atoms with van der Waals surface area (Å²) >= 11 is 21.4. The van der Waals surface area contributed by atoms with E-state index >= 15 is 0 Å². The number of benzene rings is 4. The minimum absolute atomic E-state index is 0.111. The first-order valence-electron chi connectivity index (χ1n) is 19.6. The second kappa shape index (κ2) is 21.1. The summed E-state index contributed by atoms with van der Waals surface area (Å²) in [7, 11) is 0. The molecule has 2 fully saturated rings. The second-order valence-electron chi connectivity index (χ2n) is 15.6. The SMILES string of the molecule is CC(C)(C)OC(N)=O.Nc1cccc(C2(c3ccsc3)CC(=O)C(Sc3ccccc3Cl)C(=O)N2)c1.O=C1CC(c2ccsc2)(c2cccc(Br)c2)NC(=O)C1Sc1ccccc1Cl.